The molecule has 0 bridgehead atoms. The topological polar surface area (TPSA) is 86.9 Å². The molecule has 0 fully saturated rings. The number of hydrogen-bond donors (Lipinski definition) is 3. The van der Waals surface area contributed by atoms with Gasteiger partial charge in [-0.2, -0.15) is 0 Å². The molecule has 0 saturated heterocycles. The van der Waals surface area contributed by atoms with E-state index in [1.165, 1.54) is 29.5 Å². The highest BCUT2D eigenvalue weighted by Crippen LogP contribution is 2.24. The monoisotopic (exact) mass is 417 g/mol. The third-order valence-electron chi connectivity index (χ3n) is 4.55. The van der Waals surface area contributed by atoms with E-state index in [4.69, 9.17) is 0 Å². The van der Waals surface area contributed by atoms with E-state index in [1.807, 2.05) is 71.5 Å². The second kappa shape index (κ2) is 8.26. The van der Waals surface area contributed by atoms with E-state index in [0.717, 1.165) is 22.5 Å². The summed E-state index contributed by atoms with van der Waals surface area (Å²) in [5, 5.41) is 25.8. The molecule has 1 heterocycles. The Morgan fingerprint density at radius 1 is 1.00 bits per heavy atom. The van der Waals surface area contributed by atoms with Crippen LogP contribution >= 0.6 is 11.3 Å². The standard InChI is InChI=1S/C23H19N3O3S/c1-15-7-9-17(10-8-15)26-20(16-5-3-2-4-6-16)14-30-23(26)25-24-22(29)19-13-18(27)11-12-21(19)28/h2-14,27-28H,1H3,(H,24,29)/b25-23+. The Bertz CT molecular complexity index is 1260. The Balaban J connectivity index is 1.78. The van der Waals surface area contributed by atoms with Crippen molar-refractivity contribution in [2.24, 2.45) is 5.10 Å². The lowest BCUT2D eigenvalue weighted by atomic mass is 10.1. The number of thiazole rings is 1. The summed E-state index contributed by atoms with van der Waals surface area (Å²) in [6, 6.07) is 21.7. The highest BCUT2D eigenvalue weighted by molar-refractivity contribution is 7.07. The number of aryl methyl sites for hydroxylation is 1. The minimum atomic E-state index is -0.617. The van der Waals surface area contributed by atoms with E-state index in [-0.39, 0.29) is 17.1 Å². The number of carbonyl (C=O) groups excluding carboxylic acids is 1. The molecule has 1 aromatic heterocycles. The summed E-state index contributed by atoms with van der Waals surface area (Å²) < 4.78 is 1.96. The molecule has 0 spiro atoms. The molecule has 4 aromatic rings. The van der Waals surface area contributed by atoms with Crippen LogP contribution in [-0.4, -0.2) is 20.7 Å². The van der Waals surface area contributed by atoms with Crippen molar-refractivity contribution < 1.29 is 15.0 Å². The maximum atomic E-state index is 12.5. The average molecular weight is 417 g/mol. The fourth-order valence-electron chi connectivity index (χ4n) is 3.01. The second-order valence-corrected chi connectivity index (χ2v) is 7.53. The number of aromatic nitrogens is 1. The number of carbonyl (C=O) groups is 1. The second-order valence-electron chi connectivity index (χ2n) is 6.69. The lowest BCUT2D eigenvalue weighted by molar-refractivity contribution is 0.0950. The highest BCUT2D eigenvalue weighted by atomic mass is 32.1. The van der Waals surface area contributed by atoms with Gasteiger partial charge in [-0.15, -0.1) is 16.4 Å². The Kier molecular flexibility index (Phi) is 5.36. The Hall–Kier alpha value is -3.84. The van der Waals surface area contributed by atoms with Crippen molar-refractivity contribution in [1.82, 2.24) is 9.99 Å². The average Bonchev–Trinajstić information content (AvgIpc) is 3.19. The summed E-state index contributed by atoms with van der Waals surface area (Å²) >= 11 is 1.38. The van der Waals surface area contributed by atoms with Crippen LogP contribution in [0.5, 0.6) is 11.5 Å². The van der Waals surface area contributed by atoms with Crippen molar-refractivity contribution in [1.29, 1.82) is 0 Å². The van der Waals surface area contributed by atoms with Crippen LogP contribution in [0.1, 0.15) is 15.9 Å². The lowest BCUT2D eigenvalue weighted by Gasteiger charge is -2.10. The van der Waals surface area contributed by atoms with Crippen LogP contribution in [-0.2, 0) is 0 Å². The van der Waals surface area contributed by atoms with E-state index in [0.29, 0.717) is 4.80 Å². The fourth-order valence-corrected chi connectivity index (χ4v) is 3.87. The molecule has 7 heteroatoms. The minimum absolute atomic E-state index is 0.0551. The first-order valence-electron chi connectivity index (χ1n) is 9.22. The maximum absolute atomic E-state index is 12.5. The first-order chi connectivity index (χ1) is 14.5. The van der Waals surface area contributed by atoms with Crippen molar-refractivity contribution in [3.05, 3.63) is 94.1 Å². The van der Waals surface area contributed by atoms with Crippen LogP contribution < -0.4 is 10.2 Å². The summed E-state index contributed by atoms with van der Waals surface area (Å²) in [6.07, 6.45) is 0. The zero-order valence-electron chi connectivity index (χ0n) is 16.1. The third-order valence-corrected chi connectivity index (χ3v) is 5.37. The lowest BCUT2D eigenvalue weighted by Crippen LogP contribution is -2.24. The van der Waals surface area contributed by atoms with Gasteiger partial charge in [-0.05, 0) is 42.8 Å². The molecule has 0 aliphatic carbocycles. The predicted molar refractivity (Wildman–Crippen MR) is 117 cm³/mol. The molecule has 0 atom stereocenters. The van der Waals surface area contributed by atoms with Crippen LogP contribution in [0.4, 0.5) is 0 Å². The predicted octanol–water partition coefficient (Wildman–Crippen LogP) is 4.17. The molecule has 3 aromatic carbocycles. The molecular weight excluding hydrogens is 398 g/mol. The van der Waals surface area contributed by atoms with Crippen LogP contribution in [0.15, 0.2) is 83.3 Å². The molecule has 30 heavy (non-hydrogen) atoms. The first kappa shape index (κ1) is 19.5. The SMILES string of the molecule is Cc1ccc(-n2c(-c3ccccc3)cs/c2=N/NC(=O)c2cc(O)ccc2O)cc1. The number of aromatic hydroxyl groups is 2. The van der Waals surface area contributed by atoms with Gasteiger partial charge < -0.3 is 10.2 Å². The fraction of sp³-hybridized carbons (Fsp3) is 0.0435. The van der Waals surface area contributed by atoms with Gasteiger partial charge in [0.05, 0.1) is 11.3 Å². The molecule has 3 N–H and O–H groups in total. The van der Waals surface area contributed by atoms with E-state index < -0.39 is 5.91 Å². The highest BCUT2D eigenvalue weighted by Gasteiger charge is 2.13. The summed E-state index contributed by atoms with van der Waals surface area (Å²) in [5.74, 6) is -0.966. The minimum Gasteiger partial charge on any atom is -0.508 e. The summed E-state index contributed by atoms with van der Waals surface area (Å²) in [5.41, 5.74) is 6.43. The van der Waals surface area contributed by atoms with Gasteiger partial charge in [0.1, 0.15) is 11.5 Å². The quantitative estimate of drug-likeness (QED) is 0.344. The first-order valence-corrected chi connectivity index (χ1v) is 10.1. The van der Waals surface area contributed by atoms with Crippen molar-refractivity contribution in [2.45, 2.75) is 6.92 Å². The molecular formula is C23H19N3O3S. The summed E-state index contributed by atoms with van der Waals surface area (Å²) in [4.78, 5) is 13.0. The molecule has 0 unspecified atom stereocenters. The number of nitrogens with zero attached hydrogens (tertiary/aromatic N) is 2. The number of phenols is 2. The molecule has 6 nitrogen and oxygen atoms in total. The van der Waals surface area contributed by atoms with Gasteiger partial charge >= 0.3 is 0 Å². The van der Waals surface area contributed by atoms with Crippen LogP contribution in [0.3, 0.4) is 0 Å². The number of benzene rings is 3. The van der Waals surface area contributed by atoms with Gasteiger partial charge in [0, 0.05) is 11.1 Å². The zero-order chi connectivity index (χ0) is 21.1. The van der Waals surface area contributed by atoms with Crippen molar-refractivity contribution in [2.75, 3.05) is 0 Å². The largest absolute Gasteiger partial charge is 0.508 e. The van der Waals surface area contributed by atoms with E-state index in [2.05, 4.69) is 10.5 Å². The normalized spacial score (nSPS) is 11.4. The van der Waals surface area contributed by atoms with Crippen LogP contribution in [0.2, 0.25) is 0 Å². The number of nitrogens with one attached hydrogen (secondary N) is 1. The van der Waals surface area contributed by atoms with Crippen LogP contribution in [0.25, 0.3) is 16.9 Å². The van der Waals surface area contributed by atoms with Gasteiger partial charge in [-0.1, -0.05) is 48.0 Å². The van der Waals surface area contributed by atoms with Crippen LogP contribution in [0, 0.1) is 6.92 Å². The van der Waals surface area contributed by atoms with E-state index >= 15 is 0 Å². The van der Waals surface area contributed by atoms with Crippen molar-refractivity contribution in [3.63, 3.8) is 0 Å². The number of rotatable bonds is 4. The molecule has 0 radical (unpaired) electrons. The molecule has 0 aliphatic heterocycles. The molecule has 150 valence electrons. The summed E-state index contributed by atoms with van der Waals surface area (Å²) in [7, 11) is 0. The number of phenolic OH excluding ortho intramolecular Hbond substituents is 2. The van der Waals surface area contributed by atoms with Gasteiger partial charge in [0.15, 0.2) is 0 Å². The molecule has 0 saturated carbocycles. The molecule has 1 amide bonds. The van der Waals surface area contributed by atoms with Gasteiger partial charge in [0.25, 0.3) is 5.91 Å². The van der Waals surface area contributed by atoms with E-state index in [1.54, 1.807) is 0 Å². The third kappa shape index (κ3) is 3.97. The number of amides is 1. The Morgan fingerprint density at radius 3 is 2.47 bits per heavy atom. The summed E-state index contributed by atoms with van der Waals surface area (Å²) in [6.45, 7) is 2.02. The van der Waals surface area contributed by atoms with Gasteiger partial charge in [-0.3, -0.25) is 9.36 Å². The van der Waals surface area contributed by atoms with E-state index in [9.17, 15) is 15.0 Å². The van der Waals surface area contributed by atoms with Crippen molar-refractivity contribution in [3.8, 4) is 28.4 Å². The van der Waals surface area contributed by atoms with Gasteiger partial charge in [-0.25, -0.2) is 5.43 Å². The maximum Gasteiger partial charge on any atom is 0.275 e. The van der Waals surface area contributed by atoms with Crippen molar-refractivity contribution >= 4 is 17.2 Å². The molecule has 0 aliphatic rings. The smallest absolute Gasteiger partial charge is 0.275 e. The Morgan fingerprint density at radius 2 is 1.73 bits per heavy atom. The number of hydrogen-bond acceptors (Lipinski definition) is 5. The molecule has 4 rings (SSSR count). The Labute approximate surface area is 177 Å². The zero-order valence-corrected chi connectivity index (χ0v) is 16.9. The van der Waals surface area contributed by atoms with Gasteiger partial charge in [0.2, 0.25) is 4.80 Å².